The lowest BCUT2D eigenvalue weighted by molar-refractivity contribution is 0.390. The molecular weight excluding hydrogens is 229 g/mol. The van der Waals surface area contributed by atoms with Gasteiger partial charge in [-0.25, -0.2) is 0 Å². The van der Waals surface area contributed by atoms with Crippen molar-refractivity contribution in [1.82, 2.24) is 0 Å². The van der Waals surface area contributed by atoms with Gasteiger partial charge in [0.25, 0.3) is 0 Å². The molecule has 0 unspecified atom stereocenters. The van der Waals surface area contributed by atoms with Crippen LogP contribution in [0.5, 0.6) is 0 Å². The first-order valence-electron chi connectivity index (χ1n) is 5.08. The van der Waals surface area contributed by atoms with E-state index in [1.54, 1.807) is 0 Å². The summed E-state index contributed by atoms with van der Waals surface area (Å²) in [5.74, 6) is 0. The van der Waals surface area contributed by atoms with Crippen molar-refractivity contribution >= 4 is 28.9 Å². The molecular formula is C12H17Cl2N. The van der Waals surface area contributed by atoms with Crippen molar-refractivity contribution in [2.24, 2.45) is 5.41 Å². The van der Waals surface area contributed by atoms with Gasteiger partial charge in [0, 0.05) is 6.54 Å². The third-order valence-electron chi connectivity index (χ3n) is 2.14. The minimum Gasteiger partial charge on any atom is -0.383 e. The average Bonchev–Trinajstić information content (AvgIpc) is 2.08. The van der Waals surface area contributed by atoms with Crippen molar-refractivity contribution in [2.45, 2.75) is 27.2 Å². The van der Waals surface area contributed by atoms with Crippen LogP contribution in [0.3, 0.4) is 0 Å². The first kappa shape index (κ1) is 12.7. The van der Waals surface area contributed by atoms with Crippen LogP contribution in [0.25, 0.3) is 0 Å². The second-order valence-corrected chi connectivity index (χ2v) is 5.65. The summed E-state index contributed by atoms with van der Waals surface area (Å²) in [4.78, 5) is 0. The minimum absolute atomic E-state index is 0.320. The zero-order valence-electron chi connectivity index (χ0n) is 9.40. The Morgan fingerprint density at radius 2 is 1.67 bits per heavy atom. The number of anilines is 1. The molecule has 1 aromatic rings. The van der Waals surface area contributed by atoms with E-state index in [9.17, 15) is 0 Å². The molecule has 1 N–H and O–H groups in total. The van der Waals surface area contributed by atoms with Crippen LogP contribution >= 0.6 is 23.2 Å². The highest BCUT2D eigenvalue weighted by Crippen LogP contribution is 2.30. The van der Waals surface area contributed by atoms with Crippen LogP contribution in [-0.2, 0) is 0 Å². The summed E-state index contributed by atoms with van der Waals surface area (Å²) in [5, 5.41) is 4.63. The predicted molar refractivity (Wildman–Crippen MR) is 69.0 cm³/mol. The third kappa shape index (κ3) is 4.31. The SMILES string of the molecule is CC(C)(C)CCNc1c(Cl)cccc1Cl. The standard InChI is InChI=1S/C12H17Cl2N/c1-12(2,3)7-8-15-11-9(13)5-4-6-10(11)14/h4-6,15H,7-8H2,1-3H3. The molecule has 0 heterocycles. The zero-order chi connectivity index (χ0) is 11.5. The molecule has 1 nitrogen and oxygen atoms in total. The van der Waals surface area contributed by atoms with Gasteiger partial charge < -0.3 is 5.32 Å². The maximum atomic E-state index is 6.03. The first-order chi connectivity index (χ1) is 6.90. The molecule has 0 saturated heterocycles. The van der Waals surface area contributed by atoms with E-state index in [1.165, 1.54) is 0 Å². The molecule has 0 atom stereocenters. The van der Waals surface area contributed by atoms with Crippen molar-refractivity contribution < 1.29 is 0 Å². The number of halogens is 2. The van der Waals surface area contributed by atoms with Gasteiger partial charge in [0.2, 0.25) is 0 Å². The Morgan fingerprint density at radius 3 is 2.13 bits per heavy atom. The summed E-state index contributed by atoms with van der Waals surface area (Å²) in [6.07, 6.45) is 1.08. The molecule has 0 aliphatic heterocycles. The van der Waals surface area contributed by atoms with Gasteiger partial charge in [-0.05, 0) is 24.0 Å². The summed E-state index contributed by atoms with van der Waals surface area (Å²) in [5.41, 5.74) is 1.16. The predicted octanol–water partition coefficient (Wildman–Crippen LogP) is 4.84. The van der Waals surface area contributed by atoms with E-state index in [0.717, 1.165) is 18.7 Å². The summed E-state index contributed by atoms with van der Waals surface area (Å²) < 4.78 is 0. The lowest BCUT2D eigenvalue weighted by atomic mass is 9.92. The molecule has 0 amide bonds. The molecule has 0 aliphatic rings. The monoisotopic (exact) mass is 245 g/mol. The van der Waals surface area contributed by atoms with Crippen LogP contribution in [0.15, 0.2) is 18.2 Å². The fourth-order valence-electron chi connectivity index (χ4n) is 1.23. The van der Waals surface area contributed by atoms with Crippen LogP contribution in [0, 0.1) is 5.41 Å². The molecule has 0 aromatic heterocycles. The Kier molecular flexibility index (Phi) is 4.30. The number of hydrogen-bond donors (Lipinski definition) is 1. The fourth-order valence-corrected chi connectivity index (χ4v) is 1.76. The van der Waals surface area contributed by atoms with Gasteiger partial charge in [-0.1, -0.05) is 50.0 Å². The maximum absolute atomic E-state index is 6.03. The molecule has 0 radical (unpaired) electrons. The van der Waals surface area contributed by atoms with Crippen LogP contribution < -0.4 is 5.32 Å². The molecule has 0 fully saturated rings. The normalized spacial score (nSPS) is 11.5. The molecule has 84 valence electrons. The van der Waals surface area contributed by atoms with E-state index in [1.807, 2.05) is 18.2 Å². The Morgan fingerprint density at radius 1 is 1.13 bits per heavy atom. The van der Waals surface area contributed by atoms with E-state index >= 15 is 0 Å². The zero-order valence-corrected chi connectivity index (χ0v) is 10.9. The molecule has 15 heavy (non-hydrogen) atoms. The van der Waals surface area contributed by atoms with Gasteiger partial charge in [-0.2, -0.15) is 0 Å². The Hall–Kier alpha value is -0.400. The largest absolute Gasteiger partial charge is 0.383 e. The van der Waals surface area contributed by atoms with Crippen molar-refractivity contribution in [2.75, 3.05) is 11.9 Å². The van der Waals surface area contributed by atoms with E-state index in [-0.39, 0.29) is 0 Å². The Balaban J connectivity index is 2.58. The highest BCUT2D eigenvalue weighted by Gasteiger charge is 2.10. The average molecular weight is 246 g/mol. The van der Waals surface area contributed by atoms with Gasteiger partial charge in [-0.15, -0.1) is 0 Å². The maximum Gasteiger partial charge on any atom is 0.0718 e. The van der Waals surface area contributed by atoms with Crippen molar-refractivity contribution in [3.8, 4) is 0 Å². The summed E-state index contributed by atoms with van der Waals surface area (Å²) in [6.45, 7) is 7.52. The minimum atomic E-state index is 0.320. The van der Waals surface area contributed by atoms with Crippen LogP contribution in [0.2, 0.25) is 10.0 Å². The first-order valence-corrected chi connectivity index (χ1v) is 5.84. The molecule has 0 aliphatic carbocycles. The lowest BCUT2D eigenvalue weighted by Crippen LogP contribution is -2.13. The topological polar surface area (TPSA) is 12.0 Å². The van der Waals surface area contributed by atoms with E-state index in [0.29, 0.717) is 15.5 Å². The molecule has 1 rings (SSSR count). The molecule has 0 bridgehead atoms. The molecule has 0 saturated carbocycles. The van der Waals surface area contributed by atoms with Gasteiger partial charge in [-0.3, -0.25) is 0 Å². The molecule has 3 heteroatoms. The van der Waals surface area contributed by atoms with Gasteiger partial charge in [0.1, 0.15) is 0 Å². The number of rotatable bonds is 3. The van der Waals surface area contributed by atoms with E-state index < -0.39 is 0 Å². The fraction of sp³-hybridized carbons (Fsp3) is 0.500. The second-order valence-electron chi connectivity index (χ2n) is 4.83. The molecule has 0 spiro atoms. The van der Waals surface area contributed by atoms with Crippen LogP contribution in [0.1, 0.15) is 27.2 Å². The van der Waals surface area contributed by atoms with Crippen molar-refractivity contribution in [3.63, 3.8) is 0 Å². The summed E-state index contributed by atoms with van der Waals surface area (Å²) >= 11 is 12.1. The van der Waals surface area contributed by atoms with Crippen LogP contribution in [0.4, 0.5) is 5.69 Å². The van der Waals surface area contributed by atoms with E-state index in [2.05, 4.69) is 26.1 Å². The van der Waals surface area contributed by atoms with Crippen molar-refractivity contribution in [1.29, 1.82) is 0 Å². The quantitative estimate of drug-likeness (QED) is 0.804. The highest BCUT2D eigenvalue weighted by atomic mass is 35.5. The number of benzene rings is 1. The number of para-hydroxylation sites is 1. The third-order valence-corrected chi connectivity index (χ3v) is 2.77. The number of nitrogens with one attached hydrogen (secondary N) is 1. The van der Waals surface area contributed by atoms with E-state index in [4.69, 9.17) is 23.2 Å². The summed E-state index contributed by atoms with van der Waals surface area (Å²) in [7, 11) is 0. The van der Waals surface area contributed by atoms with Gasteiger partial charge >= 0.3 is 0 Å². The van der Waals surface area contributed by atoms with Crippen molar-refractivity contribution in [3.05, 3.63) is 28.2 Å². The van der Waals surface area contributed by atoms with Crippen LogP contribution in [-0.4, -0.2) is 6.54 Å². The lowest BCUT2D eigenvalue weighted by Gasteiger charge is -2.19. The number of hydrogen-bond acceptors (Lipinski definition) is 1. The summed E-state index contributed by atoms with van der Waals surface area (Å²) in [6, 6.07) is 5.53. The smallest absolute Gasteiger partial charge is 0.0718 e. The Bertz CT molecular complexity index is 309. The second kappa shape index (κ2) is 5.09. The van der Waals surface area contributed by atoms with Gasteiger partial charge in [0.15, 0.2) is 0 Å². The van der Waals surface area contributed by atoms with Gasteiger partial charge in [0.05, 0.1) is 15.7 Å². The molecule has 1 aromatic carbocycles. The Labute approximate surface area is 102 Å². The highest BCUT2D eigenvalue weighted by molar-refractivity contribution is 6.39.